The Balaban J connectivity index is 2.17. The van der Waals surface area contributed by atoms with Gasteiger partial charge in [-0.1, -0.05) is 18.2 Å². The molecule has 17 heavy (non-hydrogen) atoms. The molecule has 1 unspecified atom stereocenters. The fourth-order valence-corrected chi connectivity index (χ4v) is 3.73. The van der Waals surface area contributed by atoms with Crippen molar-refractivity contribution in [2.75, 3.05) is 12.8 Å². The number of fused-ring (bicyclic) bond motifs is 1. The van der Waals surface area contributed by atoms with Crippen molar-refractivity contribution in [1.82, 2.24) is 4.90 Å². The van der Waals surface area contributed by atoms with Gasteiger partial charge in [0.05, 0.1) is 0 Å². The van der Waals surface area contributed by atoms with Crippen molar-refractivity contribution in [2.45, 2.75) is 44.0 Å². The molecule has 2 aliphatic heterocycles. The molecule has 1 atom stereocenters. The van der Waals surface area contributed by atoms with Gasteiger partial charge in [-0.15, -0.1) is 0 Å². The molecule has 92 valence electrons. The number of nitrogens with zero attached hydrogens (tertiary/aromatic N) is 1. The van der Waals surface area contributed by atoms with Crippen molar-refractivity contribution in [1.29, 1.82) is 0 Å². The molecule has 0 amide bonds. The summed E-state index contributed by atoms with van der Waals surface area (Å²) in [5.74, 6) is 1.30. The first-order valence-electron chi connectivity index (χ1n) is 6.35. The first-order valence-corrected chi connectivity index (χ1v) is 7.40. The SMILES string of the molecule is CN1C(C)(C)c2ccc(C3CS3)cc2C1(C)C. The molecule has 2 heterocycles. The van der Waals surface area contributed by atoms with E-state index < -0.39 is 0 Å². The standard InChI is InChI=1S/C15H21NS/c1-14(2)11-7-6-10(13-9-17-13)8-12(11)15(3,4)16(14)5/h6-8,13H,9H2,1-5H3. The molecule has 2 heteroatoms. The number of rotatable bonds is 1. The van der Waals surface area contributed by atoms with Crippen LogP contribution in [0.25, 0.3) is 0 Å². The molecule has 0 radical (unpaired) electrons. The van der Waals surface area contributed by atoms with E-state index in [2.05, 4.69) is 69.6 Å². The first kappa shape index (κ1) is 11.6. The Kier molecular flexibility index (Phi) is 2.25. The average molecular weight is 247 g/mol. The number of benzene rings is 1. The van der Waals surface area contributed by atoms with E-state index in [4.69, 9.17) is 0 Å². The molecule has 1 nitrogen and oxygen atoms in total. The highest BCUT2D eigenvalue weighted by atomic mass is 32.2. The van der Waals surface area contributed by atoms with Gasteiger partial charge in [0.2, 0.25) is 0 Å². The van der Waals surface area contributed by atoms with E-state index in [0.717, 1.165) is 5.25 Å². The Morgan fingerprint density at radius 1 is 1.12 bits per heavy atom. The molecule has 1 aromatic carbocycles. The van der Waals surface area contributed by atoms with Crippen LogP contribution in [0, 0.1) is 0 Å². The number of hydrogen-bond acceptors (Lipinski definition) is 2. The van der Waals surface area contributed by atoms with Crippen LogP contribution in [0.3, 0.4) is 0 Å². The van der Waals surface area contributed by atoms with Gasteiger partial charge in [0.25, 0.3) is 0 Å². The van der Waals surface area contributed by atoms with E-state index >= 15 is 0 Å². The highest BCUT2D eigenvalue weighted by molar-refractivity contribution is 8.06. The summed E-state index contributed by atoms with van der Waals surface area (Å²) in [4.78, 5) is 2.49. The van der Waals surface area contributed by atoms with Gasteiger partial charge >= 0.3 is 0 Å². The number of hydrogen-bond donors (Lipinski definition) is 0. The van der Waals surface area contributed by atoms with Crippen molar-refractivity contribution in [2.24, 2.45) is 0 Å². The largest absolute Gasteiger partial charge is 0.288 e. The topological polar surface area (TPSA) is 3.24 Å². The van der Waals surface area contributed by atoms with Crippen LogP contribution in [0.4, 0.5) is 0 Å². The van der Waals surface area contributed by atoms with Gasteiger partial charge in [-0.3, -0.25) is 4.90 Å². The Hall–Kier alpha value is -0.470. The van der Waals surface area contributed by atoms with Crippen LogP contribution in [0.1, 0.15) is 49.6 Å². The fourth-order valence-electron chi connectivity index (χ4n) is 3.10. The van der Waals surface area contributed by atoms with Crippen LogP contribution < -0.4 is 0 Å². The molecule has 0 aliphatic carbocycles. The Bertz CT molecular complexity index is 472. The molecule has 1 saturated heterocycles. The predicted octanol–water partition coefficient (Wildman–Crippen LogP) is 3.89. The Morgan fingerprint density at radius 2 is 1.71 bits per heavy atom. The second-order valence-electron chi connectivity index (χ2n) is 6.30. The Labute approximate surface area is 109 Å². The molecule has 0 spiro atoms. The minimum Gasteiger partial charge on any atom is -0.288 e. The van der Waals surface area contributed by atoms with Crippen LogP contribution in [-0.2, 0) is 11.1 Å². The third-order valence-electron chi connectivity index (χ3n) is 4.74. The van der Waals surface area contributed by atoms with Crippen LogP contribution in [0.15, 0.2) is 18.2 Å². The second-order valence-corrected chi connectivity index (χ2v) is 7.54. The van der Waals surface area contributed by atoms with Crippen LogP contribution in [-0.4, -0.2) is 17.7 Å². The van der Waals surface area contributed by atoms with Gasteiger partial charge in [-0.05, 0) is 51.4 Å². The average Bonchev–Trinajstić information content (AvgIpc) is 3.08. The van der Waals surface area contributed by atoms with Crippen molar-refractivity contribution in [3.63, 3.8) is 0 Å². The molecule has 3 rings (SSSR count). The molecular weight excluding hydrogens is 226 g/mol. The molecule has 1 fully saturated rings. The highest BCUT2D eigenvalue weighted by Gasteiger charge is 2.47. The van der Waals surface area contributed by atoms with Gasteiger partial charge in [0, 0.05) is 22.1 Å². The first-order chi connectivity index (χ1) is 7.85. The lowest BCUT2D eigenvalue weighted by atomic mass is 9.89. The quantitative estimate of drug-likeness (QED) is 0.693. The lowest BCUT2D eigenvalue weighted by molar-refractivity contribution is 0.0730. The molecule has 1 aromatic rings. The maximum absolute atomic E-state index is 2.49. The summed E-state index contributed by atoms with van der Waals surface area (Å²) < 4.78 is 0. The minimum absolute atomic E-state index is 0.147. The third kappa shape index (κ3) is 1.50. The van der Waals surface area contributed by atoms with Gasteiger partial charge in [-0.2, -0.15) is 11.8 Å². The molecule has 0 aromatic heterocycles. The predicted molar refractivity (Wildman–Crippen MR) is 75.5 cm³/mol. The van der Waals surface area contributed by atoms with E-state index in [1.54, 1.807) is 0 Å². The zero-order valence-corrected chi connectivity index (χ0v) is 12.2. The zero-order chi connectivity index (χ0) is 12.4. The van der Waals surface area contributed by atoms with Gasteiger partial charge in [0.1, 0.15) is 0 Å². The van der Waals surface area contributed by atoms with Crippen LogP contribution in [0.5, 0.6) is 0 Å². The lowest BCUT2D eigenvalue weighted by Crippen LogP contribution is -2.42. The van der Waals surface area contributed by atoms with Gasteiger partial charge in [-0.25, -0.2) is 0 Å². The highest BCUT2D eigenvalue weighted by Crippen LogP contribution is 2.52. The van der Waals surface area contributed by atoms with E-state index in [9.17, 15) is 0 Å². The maximum Gasteiger partial charge on any atom is 0.0413 e. The summed E-state index contributed by atoms with van der Waals surface area (Å²) in [5, 5.41) is 0.769. The summed E-state index contributed by atoms with van der Waals surface area (Å²) >= 11 is 2.05. The third-order valence-corrected chi connectivity index (χ3v) is 5.68. The summed E-state index contributed by atoms with van der Waals surface area (Å²) in [7, 11) is 2.24. The van der Waals surface area contributed by atoms with Crippen molar-refractivity contribution >= 4 is 11.8 Å². The fraction of sp³-hybridized carbons (Fsp3) is 0.600. The van der Waals surface area contributed by atoms with Crippen LogP contribution >= 0.6 is 11.8 Å². The van der Waals surface area contributed by atoms with E-state index in [1.165, 1.54) is 22.4 Å². The summed E-state index contributed by atoms with van der Waals surface area (Å²) in [6, 6.07) is 7.14. The van der Waals surface area contributed by atoms with Crippen molar-refractivity contribution in [3.8, 4) is 0 Å². The molecule has 0 N–H and O–H groups in total. The van der Waals surface area contributed by atoms with Crippen molar-refractivity contribution < 1.29 is 0 Å². The van der Waals surface area contributed by atoms with E-state index in [0.29, 0.717) is 0 Å². The van der Waals surface area contributed by atoms with Gasteiger partial charge < -0.3 is 0 Å². The smallest absolute Gasteiger partial charge is 0.0413 e. The van der Waals surface area contributed by atoms with Crippen LogP contribution in [0.2, 0.25) is 0 Å². The molecule has 0 saturated carbocycles. The summed E-state index contributed by atoms with van der Waals surface area (Å²) in [5.41, 5.74) is 4.84. The second kappa shape index (κ2) is 3.30. The van der Waals surface area contributed by atoms with Gasteiger partial charge in [0.15, 0.2) is 0 Å². The summed E-state index contributed by atoms with van der Waals surface area (Å²) in [6.45, 7) is 9.33. The molecule has 0 bridgehead atoms. The Morgan fingerprint density at radius 3 is 2.29 bits per heavy atom. The lowest BCUT2D eigenvalue weighted by Gasteiger charge is -2.37. The van der Waals surface area contributed by atoms with E-state index in [-0.39, 0.29) is 11.1 Å². The van der Waals surface area contributed by atoms with Crippen molar-refractivity contribution in [3.05, 3.63) is 34.9 Å². The molecular formula is C15H21NS. The maximum atomic E-state index is 2.49. The minimum atomic E-state index is 0.147. The number of thioether (sulfide) groups is 1. The zero-order valence-electron chi connectivity index (χ0n) is 11.4. The summed E-state index contributed by atoms with van der Waals surface area (Å²) in [6.07, 6.45) is 0. The molecule has 2 aliphatic rings. The van der Waals surface area contributed by atoms with E-state index in [1.807, 2.05) is 0 Å². The monoisotopic (exact) mass is 247 g/mol. The normalized spacial score (nSPS) is 29.1.